The first kappa shape index (κ1) is 25.2. The first-order chi connectivity index (χ1) is 16.1. The van der Waals surface area contributed by atoms with Crippen LogP contribution in [-0.4, -0.2) is 32.4 Å². The Morgan fingerprint density at radius 2 is 1.74 bits per heavy atom. The van der Waals surface area contributed by atoms with E-state index in [1.807, 2.05) is 6.92 Å². The van der Waals surface area contributed by atoms with Crippen LogP contribution in [0.5, 0.6) is 5.75 Å². The molecule has 0 fully saturated rings. The van der Waals surface area contributed by atoms with E-state index in [2.05, 4.69) is 21.2 Å². The van der Waals surface area contributed by atoms with Crippen molar-refractivity contribution in [2.24, 2.45) is 0 Å². The lowest BCUT2D eigenvalue weighted by molar-refractivity contribution is -0.384. The lowest BCUT2D eigenvalue weighted by Gasteiger charge is -2.24. The Labute approximate surface area is 205 Å². The van der Waals surface area contributed by atoms with E-state index in [9.17, 15) is 23.3 Å². The molecule has 11 heteroatoms. The number of rotatable bonds is 9. The second-order valence-electron chi connectivity index (χ2n) is 7.20. The summed E-state index contributed by atoms with van der Waals surface area (Å²) in [6, 6.07) is 16.5. The van der Waals surface area contributed by atoms with E-state index >= 15 is 0 Å². The summed E-state index contributed by atoms with van der Waals surface area (Å²) in [6.07, 6.45) is 0. The first-order valence-corrected chi connectivity index (χ1v) is 12.4. The second-order valence-corrected chi connectivity index (χ2v) is 9.98. The van der Waals surface area contributed by atoms with Crippen molar-refractivity contribution in [3.05, 3.63) is 86.9 Å². The zero-order chi connectivity index (χ0) is 24.9. The lowest BCUT2D eigenvalue weighted by atomic mass is 10.2. The molecular formula is C23H22BrN3O6S. The zero-order valence-corrected chi connectivity index (χ0v) is 20.8. The number of hydrogen-bond acceptors (Lipinski definition) is 6. The molecule has 34 heavy (non-hydrogen) atoms. The van der Waals surface area contributed by atoms with Gasteiger partial charge in [-0.05, 0) is 67.9 Å². The Morgan fingerprint density at radius 1 is 1.09 bits per heavy atom. The average molecular weight is 548 g/mol. The summed E-state index contributed by atoms with van der Waals surface area (Å²) in [5.41, 5.74) is 0.901. The quantitative estimate of drug-likeness (QED) is 0.300. The molecule has 1 N–H and O–H groups in total. The van der Waals surface area contributed by atoms with E-state index < -0.39 is 27.4 Å². The SMILES string of the molecule is CCOc1ccc(N(CC(=O)Nc2cc([N+](=O)[O-])ccc2C)S(=O)(=O)c2ccc(Br)cc2)cc1. The topological polar surface area (TPSA) is 119 Å². The van der Waals surface area contributed by atoms with Crippen LogP contribution in [0.1, 0.15) is 12.5 Å². The van der Waals surface area contributed by atoms with Gasteiger partial charge < -0.3 is 10.1 Å². The van der Waals surface area contributed by atoms with Crippen molar-refractivity contribution in [2.75, 3.05) is 22.8 Å². The van der Waals surface area contributed by atoms with Crippen molar-refractivity contribution in [2.45, 2.75) is 18.7 Å². The molecule has 0 saturated heterocycles. The molecule has 0 aromatic heterocycles. The van der Waals surface area contributed by atoms with Gasteiger partial charge in [-0.1, -0.05) is 22.0 Å². The smallest absolute Gasteiger partial charge is 0.271 e. The molecule has 3 rings (SSSR count). The fourth-order valence-corrected chi connectivity index (χ4v) is 4.79. The van der Waals surface area contributed by atoms with Crippen LogP contribution in [0.4, 0.5) is 17.1 Å². The molecule has 3 aromatic rings. The number of nitro benzene ring substituents is 1. The third-order valence-electron chi connectivity index (χ3n) is 4.83. The molecule has 0 bridgehead atoms. The molecule has 0 radical (unpaired) electrons. The van der Waals surface area contributed by atoms with Crippen LogP contribution in [0.25, 0.3) is 0 Å². The van der Waals surface area contributed by atoms with Gasteiger partial charge in [0.1, 0.15) is 12.3 Å². The summed E-state index contributed by atoms with van der Waals surface area (Å²) in [5.74, 6) is -0.0953. The monoisotopic (exact) mass is 547 g/mol. The van der Waals surface area contributed by atoms with Gasteiger partial charge >= 0.3 is 0 Å². The van der Waals surface area contributed by atoms with Gasteiger partial charge in [-0.25, -0.2) is 8.42 Å². The van der Waals surface area contributed by atoms with Crippen molar-refractivity contribution in [3.8, 4) is 5.75 Å². The van der Waals surface area contributed by atoms with Crippen LogP contribution < -0.4 is 14.4 Å². The molecule has 0 aliphatic carbocycles. The number of sulfonamides is 1. The maximum Gasteiger partial charge on any atom is 0.271 e. The second kappa shape index (κ2) is 10.7. The summed E-state index contributed by atoms with van der Waals surface area (Å²) in [6.45, 7) is 3.42. The Morgan fingerprint density at radius 3 is 2.32 bits per heavy atom. The van der Waals surface area contributed by atoms with Gasteiger partial charge in [0.05, 0.1) is 27.8 Å². The Bertz CT molecular complexity index is 1300. The van der Waals surface area contributed by atoms with Crippen molar-refractivity contribution < 1.29 is 22.9 Å². The molecule has 0 atom stereocenters. The summed E-state index contributed by atoms with van der Waals surface area (Å²) >= 11 is 3.28. The normalized spacial score (nSPS) is 11.0. The lowest BCUT2D eigenvalue weighted by Crippen LogP contribution is -2.38. The van der Waals surface area contributed by atoms with Crippen LogP contribution >= 0.6 is 15.9 Å². The highest BCUT2D eigenvalue weighted by Crippen LogP contribution is 2.27. The maximum absolute atomic E-state index is 13.5. The number of aryl methyl sites for hydroxylation is 1. The number of hydrogen-bond donors (Lipinski definition) is 1. The maximum atomic E-state index is 13.5. The van der Waals surface area contributed by atoms with E-state index in [0.29, 0.717) is 22.4 Å². The fraction of sp³-hybridized carbons (Fsp3) is 0.174. The predicted molar refractivity (Wildman–Crippen MR) is 133 cm³/mol. The predicted octanol–water partition coefficient (Wildman–Crippen LogP) is 4.90. The van der Waals surface area contributed by atoms with Gasteiger partial charge in [0.2, 0.25) is 5.91 Å². The molecule has 0 heterocycles. The van der Waals surface area contributed by atoms with Gasteiger partial charge in [-0.3, -0.25) is 19.2 Å². The Hall–Kier alpha value is -3.44. The van der Waals surface area contributed by atoms with Gasteiger partial charge in [-0.15, -0.1) is 0 Å². The molecule has 9 nitrogen and oxygen atoms in total. The number of carbonyl (C=O) groups excluding carboxylic acids is 1. The molecular weight excluding hydrogens is 526 g/mol. The number of nitrogens with zero attached hydrogens (tertiary/aromatic N) is 2. The van der Waals surface area contributed by atoms with Gasteiger partial charge in [0.25, 0.3) is 15.7 Å². The molecule has 0 saturated carbocycles. The molecule has 3 aromatic carbocycles. The van der Waals surface area contributed by atoms with Crippen molar-refractivity contribution in [3.63, 3.8) is 0 Å². The van der Waals surface area contributed by atoms with Crippen LogP contribution in [0.2, 0.25) is 0 Å². The highest BCUT2D eigenvalue weighted by atomic mass is 79.9. The third-order valence-corrected chi connectivity index (χ3v) is 7.15. The number of non-ortho nitro benzene ring substituents is 1. The van der Waals surface area contributed by atoms with E-state index in [-0.39, 0.29) is 22.0 Å². The minimum atomic E-state index is -4.11. The van der Waals surface area contributed by atoms with Gasteiger partial charge in [-0.2, -0.15) is 0 Å². The number of nitrogens with one attached hydrogen (secondary N) is 1. The van der Waals surface area contributed by atoms with Crippen LogP contribution in [0.15, 0.2) is 76.1 Å². The van der Waals surface area contributed by atoms with Crippen LogP contribution in [-0.2, 0) is 14.8 Å². The summed E-state index contributed by atoms with van der Waals surface area (Å²) in [4.78, 5) is 23.4. The molecule has 0 spiro atoms. The summed E-state index contributed by atoms with van der Waals surface area (Å²) in [7, 11) is -4.11. The first-order valence-electron chi connectivity index (χ1n) is 10.2. The Kier molecular flexibility index (Phi) is 7.90. The molecule has 0 aliphatic heterocycles. The molecule has 0 aliphatic rings. The van der Waals surface area contributed by atoms with Crippen LogP contribution in [0, 0.1) is 17.0 Å². The van der Waals surface area contributed by atoms with E-state index in [4.69, 9.17) is 4.74 Å². The standard InChI is InChI=1S/C23H22BrN3O6S/c1-3-33-20-10-8-18(9-11-20)26(34(31,32)21-12-5-17(24)6-13-21)15-23(28)25-22-14-19(27(29)30)7-4-16(22)2/h4-14H,3,15H2,1-2H3,(H,25,28). The van der Waals surface area contributed by atoms with Crippen LogP contribution in [0.3, 0.4) is 0 Å². The zero-order valence-electron chi connectivity index (χ0n) is 18.4. The van der Waals surface area contributed by atoms with E-state index in [0.717, 1.165) is 4.31 Å². The average Bonchev–Trinajstić information content (AvgIpc) is 2.80. The summed E-state index contributed by atoms with van der Waals surface area (Å²) < 4.78 is 34.0. The van der Waals surface area contributed by atoms with Crippen molar-refractivity contribution in [1.29, 1.82) is 0 Å². The molecule has 0 unspecified atom stereocenters. The van der Waals surface area contributed by atoms with Gasteiger partial charge in [0.15, 0.2) is 0 Å². The third kappa shape index (κ3) is 5.91. The fourth-order valence-electron chi connectivity index (χ4n) is 3.10. The largest absolute Gasteiger partial charge is 0.494 e. The van der Waals surface area contributed by atoms with E-state index in [1.165, 1.54) is 30.3 Å². The van der Waals surface area contributed by atoms with Crippen molar-refractivity contribution in [1.82, 2.24) is 0 Å². The minimum absolute atomic E-state index is 0.00362. The number of benzene rings is 3. The van der Waals surface area contributed by atoms with E-state index in [1.54, 1.807) is 43.3 Å². The number of halogens is 1. The summed E-state index contributed by atoms with van der Waals surface area (Å²) in [5, 5.41) is 13.7. The number of anilines is 2. The molecule has 1 amide bonds. The number of amides is 1. The highest BCUT2D eigenvalue weighted by molar-refractivity contribution is 9.10. The number of ether oxygens (including phenoxy) is 1. The van der Waals surface area contributed by atoms with Gasteiger partial charge in [0, 0.05) is 16.6 Å². The number of nitro groups is 1. The molecule has 178 valence electrons. The minimum Gasteiger partial charge on any atom is -0.494 e. The van der Waals surface area contributed by atoms with Crippen molar-refractivity contribution >= 4 is 48.9 Å². The Balaban J connectivity index is 1.95. The highest BCUT2D eigenvalue weighted by Gasteiger charge is 2.27. The number of carbonyl (C=O) groups is 1.